The first-order chi connectivity index (χ1) is 15.0. The van der Waals surface area contributed by atoms with Gasteiger partial charge in [-0.1, -0.05) is 73.4 Å². The van der Waals surface area contributed by atoms with Crippen molar-refractivity contribution >= 4 is 21.8 Å². The Morgan fingerprint density at radius 3 is 2.00 bits per heavy atom. The Kier molecular flexibility index (Phi) is 8.76. The quantitative estimate of drug-likeness (QED) is 0.416. The normalized spacial score (nSPS) is 14.2. The van der Waals surface area contributed by atoms with E-state index >= 15 is 0 Å². The maximum Gasteiger partial charge on any atom is 0.125 e. The van der Waals surface area contributed by atoms with Gasteiger partial charge in [0.05, 0.1) is 15.7 Å². The number of hydrogen-bond acceptors (Lipinski definition) is 2. The van der Waals surface area contributed by atoms with Gasteiger partial charge in [-0.05, 0) is 62.6 Å². The number of benzene rings is 3. The average molecular weight is 454 g/mol. The van der Waals surface area contributed by atoms with Gasteiger partial charge in [-0.15, -0.1) is 0 Å². The van der Waals surface area contributed by atoms with E-state index < -0.39 is 21.8 Å². The van der Waals surface area contributed by atoms with Crippen molar-refractivity contribution in [1.29, 1.82) is 0 Å². The Bertz CT molecular complexity index is 1030. The van der Waals surface area contributed by atoms with Crippen LogP contribution in [0.15, 0.2) is 87.5 Å². The minimum atomic E-state index is -1.28. The average Bonchev–Trinajstić information content (AvgIpc) is 2.78. The van der Waals surface area contributed by atoms with Crippen molar-refractivity contribution in [2.45, 2.75) is 67.2 Å². The van der Waals surface area contributed by atoms with E-state index in [1.807, 2.05) is 86.6 Å². The molecule has 0 aliphatic rings. The topological polar surface area (TPSA) is 46.2 Å². The molecule has 0 amide bonds. The van der Waals surface area contributed by atoms with E-state index in [9.17, 15) is 8.42 Å². The van der Waals surface area contributed by atoms with Crippen LogP contribution in [0.2, 0.25) is 0 Å². The van der Waals surface area contributed by atoms with E-state index in [1.165, 1.54) is 0 Å². The van der Waals surface area contributed by atoms with Gasteiger partial charge in [0.2, 0.25) is 0 Å². The van der Waals surface area contributed by atoms with Gasteiger partial charge in [-0.2, -0.15) is 0 Å². The lowest BCUT2D eigenvalue weighted by Gasteiger charge is -2.20. The molecule has 0 aliphatic heterocycles. The van der Waals surface area contributed by atoms with Crippen molar-refractivity contribution in [3.8, 4) is 0 Å². The molecule has 2 unspecified atom stereocenters. The van der Waals surface area contributed by atoms with Crippen LogP contribution in [-0.2, 0) is 28.2 Å². The van der Waals surface area contributed by atoms with Crippen LogP contribution in [0.25, 0.3) is 0 Å². The molecule has 0 spiro atoms. The van der Waals surface area contributed by atoms with Crippen LogP contribution in [0.5, 0.6) is 0 Å². The monoisotopic (exact) mass is 453 g/mol. The number of rotatable bonds is 10. The second-order valence-corrected chi connectivity index (χ2v) is 10.6. The molecule has 0 aliphatic carbocycles. The number of nitrogens with one attached hydrogen (secondary N) is 1. The van der Waals surface area contributed by atoms with E-state index in [2.05, 4.69) is 11.6 Å². The fraction of sp³-hybridized carbons (Fsp3) is 0.308. The summed E-state index contributed by atoms with van der Waals surface area (Å²) >= 11 is 0. The summed E-state index contributed by atoms with van der Waals surface area (Å²) in [5.74, 6) is 0. The molecule has 0 bridgehead atoms. The molecule has 0 fully saturated rings. The number of aryl methyl sites for hydroxylation is 2. The largest absolute Gasteiger partial charge is 0.249 e. The molecule has 3 rings (SSSR count). The zero-order valence-electron chi connectivity index (χ0n) is 18.5. The number of unbranched alkanes of at least 4 members (excludes halogenated alkanes) is 1. The standard InChI is InChI=1S/C26H31NO2S2/c1-4-5-9-23(27-31(29)25-17-13-21(3)14-18-25)19-22-8-6-7-10-26(22)30(28)24-15-11-20(2)12-16-24/h6-8,10-18,23,27H,4-5,9,19H2,1-3H3/t23-,30?,31?/m1/s1. The predicted molar refractivity (Wildman–Crippen MR) is 130 cm³/mol. The highest BCUT2D eigenvalue weighted by Gasteiger charge is 2.18. The van der Waals surface area contributed by atoms with Crippen LogP contribution < -0.4 is 4.72 Å². The minimum Gasteiger partial charge on any atom is -0.249 e. The first-order valence-electron chi connectivity index (χ1n) is 10.8. The second kappa shape index (κ2) is 11.5. The van der Waals surface area contributed by atoms with Crippen LogP contribution in [0.1, 0.15) is 42.9 Å². The van der Waals surface area contributed by atoms with E-state index in [0.717, 1.165) is 50.6 Å². The van der Waals surface area contributed by atoms with Crippen molar-refractivity contribution in [2.24, 2.45) is 0 Å². The van der Waals surface area contributed by atoms with Gasteiger partial charge >= 0.3 is 0 Å². The van der Waals surface area contributed by atoms with Crippen LogP contribution >= 0.6 is 0 Å². The summed E-state index contributed by atoms with van der Waals surface area (Å²) in [4.78, 5) is 2.42. The van der Waals surface area contributed by atoms with Crippen LogP contribution in [0, 0.1) is 13.8 Å². The highest BCUT2D eigenvalue weighted by molar-refractivity contribution is 7.85. The van der Waals surface area contributed by atoms with Crippen molar-refractivity contribution in [3.63, 3.8) is 0 Å². The highest BCUT2D eigenvalue weighted by Crippen LogP contribution is 2.23. The summed E-state index contributed by atoms with van der Waals surface area (Å²) in [7, 11) is -2.52. The van der Waals surface area contributed by atoms with Gasteiger partial charge in [0.15, 0.2) is 0 Å². The molecule has 0 saturated heterocycles. The Balaban J connectivity index is 1.81. The fourth-order valence-electron chi connectivity index (χ4n) is 3.44. The Morgan fingerprint density at radius 2 is 1.39 bits per heavy atom. The maximum absolute atomic E-state index is 13.3. The summed E-state index contributed by atoms with van der Waals surface area (Å²) in [6.45, 7) is 6.21. The molecule has 1 N–H and O–H groups in total. The SMILES string of the molecule is CCCC[C@H](Cc1ccccc1S(=O)c1ccc(C)cc1)NS(=O)c1ccc(C)cc1. The van der Waals surface area contributed by atoms with Gasteiger partial charge in [-0.3, -0.25) is 0 Å². The molecular weight excluding hydrogens is 422 g/mol. The van der Waals surface area contributed by atoms with Crippen LogP contribution in [0.4, 0.5) is 0 Å². The number of hydrogen-bond donors (Lipinski definition) is 1. The lowest BCUT2D eigenvalue weighted by atomic mass is 10.0. The smallest absolute Gasteiger partial charge is 0.125 e. The molecule has 0 radical (unpaired) electrons. The van der Waals surface area contributed by atoms with E-state index in [4.69, 9.17) is 0 Å². The zero-order chi connectivity index (χ0) is 22.2. The highest BCUT2D eigenvalue weighted by atomic mass is 32.2. The third-order valence-electron chi connectivity index (χ3n) is 5.29. The van der Waals surface area contributed by atoms with Crippen molar-refractivity contribution < 1.29 is 8.42 Å². The second-order valence-electron chi connectivity index (χ2n) is 7.93. The van der Waals surface area contributed by atoms with E-state index in [0.29, 0.717) is 6.42 Å². The van der Waals surface area contributed by atoms with Crippen LogP contribution in [-0.4, -0.2) is 14.5 Å². The van der Waals surface area contributed by atoms with E-state index in [1.54, 1.807) is 0 Å². The van der Waals surface area contributed by atoms with Crippen LogP contribution in [0.3, 0.4) is 0 Å². The first-order valence-corrected chi connectivity index (χ1v) is 13.1. The van der Waals surface area contributed by atoms with Gasteiger partial charge < -0.3 is 0 Å². The fourth-order valence-corrected chi connectivity index (χ4v) is 5.69. The lowest BCUT2D eigenvalue weighted by molar-refractivity contribution is 0.531. The minimum absolute atomic E-state index is 0.0401. The summed E-state index contributed by atoms with van der Waals surface area (Å²) < 4.78 is 29.5. The molecular formula is C26H31NO2S2. The molecule has 3 nitrogen and oxygen atoms in total. The van der Waals surface area contributed by atoms with Gasteiger partial charge in [0.25, 0.3) is 0 Å². The molecule has 3 atom stereocenters. The van der Waals surface area contributed by atoms with Gasteiger partial charge in [-0.25, -0.2) is 13.1 Å². The molecule has 3 aromatic rings. The molecule has 5 heteroatoms. The summed E-state index contributed by atoms with van der Waals surface area (Å²) in [6, 6.07) is 23.6. The van der Waals surface area contributed by atoms with Gasteiger partial charge in [0, 0.05) is 15.8 Å². The Hall–Kier alpha value is -2.08. The Labute approximate surface area is 191 Å². The molecule has 31 heavy (non-hydrogen) atoms. The molecule has 0 saturated carbocycles. The molecule has 164 valence electrons. The van der Waals surface area contributed by atoms with Crippen molar-refractivity contribution in [3.05, 3.63) is 89.5 Å². The third kappa shape index (κ3) is 6.70. The molecule has 0 aromatic heterocycles. The first kappa shape index (κ1) is 23.6. The summed E-state index contributed by atoms with van der Waals surface area (Å²) in [5.41, 5.74) is 3.34. The zero-order valence-corrected chi connectivity index (χ0v) is 20.1. The molecule has 3 aromatic carbocycles. The lowest BCUT2D eigenvalue weighted by Crippen LogP contribution is -2.33. The summed E-state index contributed by atoms with van der Waals surface area (Å²) in [5, 5.41) is 0. The maximum atomic E-state index is 13.3. The molecule has 0 heterocycles. The third-order valence-corrected chi connectivity index (χ3v) is 8.03. The summed E-state index contributed by atoms with van der Waals surface area (Å²) in [6.07, 6.45) is 3.73. The van der Waals surface area contributed by atoms with Crippen molar-refractivity contribution in [1.82, 2.24) is 4.72 Å². The van der Waals surface area contributed by atoms with E-state index in [-0.39, 0.29) is 6.04 Å². The Morgan fingerprint density at radius 1 is 0.806 bits per heavy atom. The predicted octanol–water partition coefficient (Wildman–Crippen LogP) is 5.88. The van der Waals surface area contributed by atoms with Gasteiger partial charge in [0.1, 0.15) is 11.0 Å². The van der Waals surface area contributed by atoms with Crippen molar-refractivity contribution in [2.75, 3.05) is 0 Å².